The van der Waals surface area contributed by atoms with Gasteiger partial charge in [0.15, 0.2) is 0 Å². The average molecular weight is 558 g/mol. The van der Waals surface area contributed by atoms with Gasteiger partial charge in [0.25, 0.3) is 0 Å². The molecule has 2 aliphatic rings. The lowest BCUT2D eigenvalue weighted by molar-refractivity contribution is -0.138. The topological polar surface area (TPSA) is 28.5 Å². The minimum Gasteiger partial charge on any atom is -0.338 e. The molecule has 3 aromatic carbocycles. The van der Waals surface area contributed by atoms with Crippen molar-refractivity contribution in [2.75, 3.05) is 13.1 Å². The number of carbonyl (C=O) groups is 1. The maximum atomic E-state index is 13.6. The monoisotopic (exact) mass is 557 g/mol. The van der Waals surface area contributed by atoms with Gasteiger partial charge >= 0.3 is 18.4 Å². The molecule has 10 heteroatoms. The fraction of sp³-hybridized carbons (Fsp3) is 0.300. The van der Waals surface area contributed by atoms with Crippen LogP contribution < -0.4 is 0 Å². The van der Waals surface area contributed by atoms with Crippen molar-refractivity contribution in [2.45, 2.75) is 44.3 Å². The second-order valence-corrected chi connectivity index (χ2v) is 10.3. The Kier molecular flexibility index (Phi) is 6.31. The highest BCUT2D eigenvalue weighted by molar-refractivity contribution is 5.87. The third-order valence-electron chi connectivity index (χ3n) is 7.88. The Morgan fingerprint density at radius 3 is 1.90 bits per heavy atom. The molecular weight excluding hydrogens is 532 g/mol. The van der Waals surface area contributed by atoms with Crippen molar-refractivity contribution in [1.29, 1.82) is 0 Å². The lowest BCUT2D eigenvalue weighted by Gasteiger charge is -2.44. The first-order chi connectivity index (χ1) is 19.0. The van der Waals surface area contributed by atoms with Gasteiger partial charge in [0.1, 0.15) is 0 Å². The van der Waals surface area contributed by atoms with Crippen LogP contribution in [0.3, 0.4) is 0 Å². The third-order valence-corrected chi connectivity index (χ3v) is 7.88. The Labute approximate surface area is 226 Å². The summed E-state index contributed by atoms with van der Waals surface area (Å²) >= 11 is 0. The van der Waals surface area contributed by atoms with Gasteiger partial charge in [0.05, 0.1) is 17.2 Å². The van der Waals surface area contributed by atoms with Gasteiger partial charge < -0.3 is 14.4 Å². The van der Waals surface area contributed by atoms with Crippen LogP contribution in [0.4, 0.5) is 31.1 Å². The number of hydrogen-bond donors (Lipinski definition) is 0. The zero-order valence-electron chi connectivity index (χ0n) is 21.3. The molecule has 0 N–H and O–H groups in total. The SMILES string of the molecule is O=C1N(Cc2ccc(C(F)(F)F)cc2)CCC2c3c(c4ccccc4n3Cc3ccc(C(F)(F)F)cc3)CCN12. The fourth-order valence-electron chi connectivity index (χ4n) is 5.97. The summed E-state index contributed by atoms with van der Waals surface area (Å²) in [5.41, 5.74) is 3.02. The van der Waals surface area contributed by atoms with Crippen molar-refractivity contribution in [3.8, 4) is 0 Å². The lowest BCUT2D eigenvalue weighted by atomic mass is 9.93. The molecule has 4 nitrogen and oxygen atoms in total. The van der Waals surface area contributed by atoms with E-state index < -0.39 is 23.5 Å². The summed E-state index contributed by atoms with van der Waals surface area (Å²) < 4.78 is 80.2. The van der Waals surface area contributed by atoms with Crippen molar-refractivity contribution in [3.63, 3.8) is 0 Å². The summed E-state index contributed by atoms with van der Waals surface area (Å²) in [6.45, 7) is 1.51. The summed E-state index contributed by atoms with van der Waals surface area (Å²) in [4.78, 5) is 17.0. The summed E-state index contributed by atoms with van der Waals surface area (Å²) in [5, 5.41) is 1.07. The second kappa shape index (κ2) is 9.60. The average Bonchev–Trinajstić information content (AvgIpc) is 3.24. The second-order valence-electron chi connectivity index (χ2n) is 10.3. The number of hydrogen-bond acceptors (Lipinski definition) is 1. The minimum absolute atomic E-state index is 0.173. The number of rotatable bonds is 4. The maximum absolute atomic E-state index is 13.6. The van der Waals surface area contributed by atoms with Gasteiger partial charge in [-0.05, 0) is 59.9 Å². The third kappa shape index (κ3) is 4.69. The van der Waals surface area contributed by atoms with E-state index in [0.29, 0.717) is 38.0 Å². The van der Waals surface area contributed by atoms with Crippen LogP contribution in [0.2, 0.25) is 0 Å². The predicted molar refractivity (Wildman–Crippen MR) is 138 cm³/mol. The molecule has 208 valence electrons. The van der Waals surface area contributed by atoms with E-state index in [1.165, 1.54) is 24.3 Å². The van der Waals surface area contributed by atoms with Crippen molar-refractivity contribution < 1.29 is 31.1 Å². The summed E-state index contributed by atoms with van der Waals surface area (Å²) in [5.74, 6) is 0. The highest BCUT2D eigenvalue weighted by Crippen LogP contribution is 2.42. The molecule has 1 fully saturated rings. The molecule has 0 radical (unpaired) electrons. The van der Waals surface area contributed by atoms with Gasteiger partial charge in [-0.2, -0.15) is 26.3 Å². The number of para-hydroxylation sites is 1. The van der Waals surface area contributed by atoms with Gasteiger partial charge in [-0.3, -0.25) is 0 Å². The van der Waals surface area contributed by atoms with Gasteiger partial charge in [0, 0.05) is 42.8 Å². The molecule has 1 aromatic heterocycles. The number of halogens is 6. The van der Waals surface area contributed by atoms with E-state index in [1.807, 2.05) is 29.2 Å². The Morgan fingerprint density at radius 2 is 1.30 bits per heavy atom. The van der Waals surface area contributed by atoms with Gasteiger partial charge in [-0.25, -0.2) is 4.79 Å². The number of urea groups is 1. The number of alkyl halides is 6. The van der Waals surface area contributed by atoms with E-state index in [4.69, 9.17) is 0 Å². The van der Waals surface area contributed by atoms with E-state index in [1.54, 1.807) is 4.90 Å². The van der Waals surface area contributed by atoms with E-state index in [-0.39, 0.29) is 18.6 Å². The standard InChI is InChI=1S/C30H25F6N3O/c31-29(32,33)21-9-5-19(6-10-21)17-37-15-14-26-27-24(13-16-38(26)28(37)40)23-3-1-2-4-25(23)39(27)18-20-7-11-22(12-8-20)30(34,35)36/h1-12,26H,13-18H2. The van der Waals surface area contributed by atoms with Gasteiger partial charge in [-0.1, -0.05) is 42.5 Å². The van der Waals surface area contributed by atoms with Gasteiger partial charge in [-0.15, -0.1) is 0 Å². The van der Waals surface area contributed by atoms with Crippen LogP contribution in [0.1, 0.15) is 46.0 Å². The number of aromatic nitrogens is 1. The van der Waals surface area contributed by atoms with Crippen LogP contribution in [0, 0.1) is 0 Å². The number of amides is 2. The molecule has 2 aliphatic heterocycles. The lowest BCUT2D eigenvalue weighted by Crippen LogP contribution is -2.52. The molecule has 1 unspecified atom stereocenters. The van der Waals surface area contributed by atoms with E-state index in [9.17, 15) is 31.1 Å². The fourth-order valence-corrected chi connectivity index (χ4v) is 5.97. The van der Waals surface area contributed by atoms with E-state index in [0.717, 1.165) is 52.0 Å². The summed E-state index contributed by atoms with van der Waals surface area (Å²) in [6, 6.07) is 17.5. The first-order valence-corrected chi connectivity index (χ1v) is 13.0. The van der Waals surface area contributed by atoms with E-state index in [2.05, 4.69) is 4.57 Å². The molecule has 3 heterocycles. The predicted octanol–water partition coefficient (Wildman–Crippen LogP) is 7.65. The normalized spacial score (nSPS) is 17.8. The number of benzene rings is 3. The molecule has 4 aromatic rings. The van der Waals surface area contributed by atoms with Gasteiger partial charge in [0.2, 0.25) is 0 Å². The van der Waals surface area contributed by atoms with Crippen LogP contribution in [0.25, 0.3) is 10.9 Å². The van der Waals surface area contributed by atoms with Crippen molar-refractivity contribution in [1.82, 2.24) is 14.4 Å². The summed E-state index contributed by atoms with van der Waals surface area (Å²) in [7, 11) is 0. The van der Waals surface area contributed by atoms with Crippen molar-refractivity contribution in [3.05, 3.63) is 106 Å². The molecule has 1 saturated heterocycles. The van der Waals surface area contributed by atoms with Crippen LogP contribution in [0.5, 0.6) is 0 Å². The maximum Gasteiger partial charge on any atom is 0.416 e. The Hall–Kier alpha value is -3.95. The van der Waals surface area contributed by atoms with Crippen LogP contribution in [0.15, 0.2) is 72.8 Å². The minimum atomic E-state index is -4.42. The Bertz CT molecular complexity index is 1550. The molecule has 0 bridgehead atoms. The van der Waals surface area contributed by atoms with Crippen molar-refractivity contribution >= 4 is 16.9 Å². The first-order valence-electron chi connectivity index (χ1n) is 13.0. The highest BCUT2D eigenvalue weighted by atomic mass is 19.4. The molecule has 40 heavy (non-hydrogen) atoms. The molecule has 0 aliphatic carbocycles. The largest absolute Gasteiger partial charge is 0.416 e. The highest BCUT2D eigenvalue weighted by Gasteiger charge is 2.40. The summed E-state index contributed by atoms with van der Waals surface area (Å²) in [6.07, 6.45) is -7.57. The van der Waals surface area contributed by atoms with Crippen LogP contribution >= 0.6 is 0 Å². The number of fused-ring (bicyclic) bond motifs is 5. The molecular formula is C30H25F6N3O. The number of carbonyl (C=O) groups excluding carboxylic acids is 1. The molecule has 6 rings (SSSR count). The zero-order valence-corrected chi connectivity index (χ0v) is 21.3. The van der Waals surface area contributed by atoms with Crippen LogP contribution in [-0.4, -0.2) is 33.5 Å². The first kappa shape index (κ1) is 26.3. The quantitative estimate of drug-likeness (QED) is 0.237. The van der Waals surface area contributed by atoms with Crippen LogP contribution in [-0.2, 0) is 31.9 Å². The smallest absolute Gasteiger partial charge is 0.338 e. The Morgan fingerprint density at radius 1 is 0.725 bits per heavy atom. The van der Waals surface area contributed by atoms with Crippen molar-refractivity contribution in [2.24, 2.45) is 0 Å². The number of nitrogens with zero attached hydrogens (tertiary/aromatic N) is 3. The zero-order chi connectivity index (χ0) is 28.2. The molecule has 2 amide bonds. The Balaban J connectivity index is 1.28. The van der Waals surface area contributed by atoms with E-state index >= 15 is 0 Å². The molecule has 1 atom stereocenters. The molecule has 0 spiro atoms. The molecule has 0 saturated carbocycles.